The number of benzene rings is 3. The van der Waals surface area contributed by atoms with Gasteiger partial charge in [0.1, 0.15) is 5.54 Å². The number of rotatable bonds is 4. The van der Waals surface area contributed by atoms with Gasteiger partial charge in [-0.15, -0.1) is 11.3 Å². The number of ketones is 1. The van der Waals surface area contributed by atoms with Crippen molar-refractivity contribution < 1.29 is 9.59 Å². The van der Waals surface area contributed by atoms with Crippen LogP contribution in [0.2, 0.25) is 0 Å². The standard InChI is InChI=1S/C28H27N5O2S/c29-20-10-9-19-21-22(25(36-24(20)21)27(35)33-18-11-12-32-14-18)23(30)26(34)28(19,31)17-8-4-7-16(13-17)15-5-2-1-3-6-15/h1-10,13,18,23,32H,11-12,14,29-31H2,(H,33,35). The van der Waals surface area contributed by atoms with Gasteiger partial charge < -0.3 is 27.8 Å². The van der Waals surface area contributed by atoms with Crippen LogP contribution in [0.3, 0.4) is 0 Å². The highest BCUT2D eigenvalue weighted by atomic mass is 32.1. The minimum absolute atomic E-state index is 0.0385. The molecule has 3 unspecified atom stereocenters. The molecule has 0 radical (unpaired) electrons. The number of nitrogen functional groups attached to an aromatic ring is 1. The zero-order valence-corrected chi connectivity index (χ0v) is 20.4. The molecule has 182 valence electrons. The van der Waals surface area contributed by atoms with Gasteiger partial charge in [-0.05, 0) is 47.4 Å². The Morgan fingerprint density at radius 2 is 1.83 bits per heavy atom. The van der Waals surface area contributed by atoms with E-state index in [9.17, 15) is 9.59 Å². The molecule has 3 atom stereocenters. The van der Waals surface area contributed by atoms with Crippen molar-refractivity contribution in [2.45, 2.75) is 24.0 Å². The normalized spacial score (nSPS) is 23.2. The van der Waals surface area contributed by atoms with E-state index in [2.05, 4.69) is 10.6 Å². The lowest BCUT2D eigenvalue weighted by atomic mass is 9.70. The molecule has 2 heterocycles. The van der Waals surface area contributed by atoms with Gasteiger partial charge in [0.25, 0.3) is 5.91 Å². The Labute approximate surface area is 212 Å². The van der Waals surface area contributed by atoms with Gasteiger partial charge in [-0.1, -0.05) is 54.6 Å². The molecule has 4 aromatic rings. The molecule has 7 nitrogen and oxygen atoms in total. The van der Waals surface area contributed by atoms with Crippen molar-refractivity contribution in [3.63, 3.8) is 0 Å². The van der Waals surface area contributed by atoms with E-state index in [0.717, 1.165) is 34.2 Å². The monoisotopic (exact) mass is 497 g/mol. The molecule has 1 fully saturated rings. The summed E-state index contributed by atoms with van der Waals surface area (Å²) in [7, 11) is 0. The minimum Gasteiger partial charge on any atom is -0.398 e. The van der Waals surface area contributed by atoms with Crippen LogP contribution in [-0.4, -0.2) is 30.8 Å². The Hall–Kier alpha value is -3.56. The first-order chi connectivity index (χ1) is 17.4. The van der Waals surface area contributed by atoms with E-state index in [-0.39, 0.29) is 17.7 Å². The number of hydrogen-bond acceptors (Lipinski definition) is 7. The predicted molar refractivity (Wildman–Crippen MR) is 144 cm³/mol. The van der Waals surface area contributed by atoms with Crippen molar-refractivity contribution in [1.29, 1.82) is 0 Å². The zero-order valence-electron chi connectivity index (χ0n) is 19.6. The van der Waals surface area contributed by atoms with E-state index in [1.807, 2.05) is 54.6 Å². The van der Waals surface area contributed by atoms with Gasteiger partial charge in [0, 0.05) is 29.2 Å². The second-order valence-electron chi connectivity index (χ2n) is 9.51. The minimum atomic E-state index is -1.48. The number of carbonyl (C=O) groups is 2. The molecular formula is C28H27N5O2S. The lowest BCUT2D eigenvalue weighted by molar-refractivity contribution is -0.124. The van der Waals surface area contributed by atoms with Gasteiger partial charge in [0.2, 0.25) is 0 Å². The van der Waals surface area contributed by atoms with Crippen LogP contribution in [0.4, 0.5) is 5.69 Å². The van der Waals surface area contributed by atoms with Gasteiger partial charge in [-0.25, -0.2) is 0 Å². The highest BCUT2D eigenvalue weighted by Gasteiger charge is 2.48. The van der Waals surface area contributed by atoms with E-state index in [1.165, 1.54) is 11.3 Å². The van der Waals surface area contributed by atoms with Crippen molar-refractivity contribution in [3.8, 4) is 11.1 Å². The Morgan fingerprint density at radius 3 is 2.58 bits per heavy atom. The average Bonchev–Trinajstić information content (AvgIpc) is 3.56. The Morgan fingerprint density at radius 1 is 1.06 bits per heavy atom. The van der Waals surface area contributed by atoms with E-state index < -0.39 is 11.6 Å². The van der Waals surface area contributed by atoms with Crippen molar-refractivity contribution in [1.82, 2.24) is 10.6 Å². The van der Waals surface area contributed by atoms with E-state index in [4.69, 9.17) is 17.2 Å². The lowest BCUT2D eigenvalue weighted by Crippen LogP contribution is -2.52. The smallest absolute Gasteiger partial charge is 0.262 e. The zero-order chi connectivity index (χ0) is 25.0. The summed E-state index contributed by atoms with van der Waals surface area (Å²) in [6.07, 6.45) is 0.855. The molecular weight excluding hydrogens is 470 g/mol. The molecule has 1 aliphatic heterocycles. The third-order valence-corrected chi connectivity index (χ3v) is 8.59. The number of hydrogen-bond donors (Lipinski definition) is 5. The molecule has 8 N–H and O–H groups in total. The lowest BCUT2D eigenvalue weighted by Gasteiger charge is -2.36. The molecule has 1 aliphatic carbocycles. The Balaban J connectivity index is 1.53. The Bertz CT molecular complexity index is 1510. The van der Waals surface area contributed by atoms with Gasteiger partial charge >= 0.3 is 0 Å². The fourth-order valence-corrected chi connectivity index (χ4v) is 6.65. The molecule has 3 aromatic carbocycles. The maximum atomic E-state index is 14.0. The summed E-state index contributed by atoms with van der Waals surface area (Å²) in [5, 5.41) is 7.04. The third-order valence-electron chi connectivity index (χ3n) is 7.34. The average molecular weight is 498 g/mol. The number of nitrogens with one attached hydrogen (secondary N) is 2. The molecule has 1 amide bonds. The molecule has 36 heavy (non-hydrogen) atoms. The summed E-state index contributed by atoms with van der Waals surface area (Å²) in [4.78, 5) is 27.7. The van der Waals surface area contributed by atoms with Crippen LogP contribution in [0.5, 0.6) is 0 Å². The van der Waals surface area contributed by atoms with E-state index in [1.54, 1.807) is 12.1 Å². The second-order valence-corrected chi connectivity index (χ2v) is 10.5. The van der Waals surface area contributed by atoms with Crippen LogP contribution in [0, 0.1) is 0 Å². The highest BCUT2D eigenvalue weighted by molar-refractivity contribution is 7.21. The first kappa shape index (κ1) is 22.9. The first-order valence-corrected chi connectivity index (χ1v) is 12.8. The van der Waals surface area contributed by atoms with Crippen LogP contribution in [0.1, 0.15) is 38.8 Å². The number of thiophene rings is 1. The van der Waals surface area contributed by atoms with Gasteiger partial charge in [0.05, 0.1) is 15.6 Å². The second kappa shape index (κ2) is 8.53. The fraction of sp³-hybridized carbons (Fsp3) is 0.214. The largest absolute Gasteiger partial charge is 0.398 e. The molecule has 8 heteroatoms. The van der Waals surface area contributed by atoms with Crippen molar-refractivity contribution >= 4 is 38.8 Å². The Kier molecular flexibility index (Phi) is 5.42. The van der Waals surface area contributed by atoms with Crippen LogP contribution >= 0.6 is 11.3 Å². The maximum Gasteiger partial charge on any atom is 0.262 e. The highest BCUT2D eigenvalue weighted by Crippen LogP contribution is 2.49. The topological polar surface area (TPSA) is 136 Å². The summed E-state index contributed by atoms with van der Waals surface area (Å²) in [5.41, 5.74) is 22.8. The summed E-state index contributed by atoms with van der Waals surface area (Å²) in [6.45, 7) is 1.57. The maximum absolute atomic E-state index is 14.0. The molecule has 1 saturated heterocycles. The number of nitrogens with two attached hydrogens (primary N) is 3. The predicted octanol–water partition coefficient (Wildman–Crippen LogP) is 3.03. The molecule has 0 bridgehead atoms. The SMILES string of the molecule is Nc1ccc2c3c(c(C(=O)NC4CCNC4)sc13)C(N)C(=O)C2(N)c1cccc(-c2ccccc2)c1. The van der Waals surface area contributed by atoms with Gasteiger partial charge in [-0.3, -0.25) is 9.59 Å². The van der Waals surface area contributed by atoms with Gasteiger partial charge in [-0.2, -0.15) is 0 Å². The molecule has 0 spiro atoms. The molecule has 0 saturated carbocycles. The van der Waals surface area contributed by atoms with E-state index in [0.29, 0.717) is 33.8 Å². The van der Waals surface area contributed by atoms with Crippen molar-refractivity contribution in [2.75, 3.05) is 18.8 Å². The van der Waals surface area contributed by atoms with E-state index >= 15 is 0 Å². The quantitative estimate of drug-likeness (QED) is 0.275. The summed E-state index contributed by atoms with van der Waals surface area (Å²) >= 11 is 1.28. The molecule has 1 aromatic heterocycles. The third kappa shape index (κ3) is 3.37. The van der Waals surface area contributed by atoms with Crippen LogP contribution < -0.4 is 27.8 Å². The molecule has 2 aliphatic rings. The molecule has 6 rings (SSSR count). The summed E-state index contributed by atoms with van der Waals surface area (Å²) in [5.74, 6) is -0.578. The van der Waals surface area contributed by atoms with Crippen molar-refractivity contribution in [2.24, 2.45) is 11.5 Å². The van der Waals surface area contributed by atoms with Crippen LogP contribution in [0.25, 0.3) is 21.2 Å². The number of anilines is 1. The number of carbonyl (C=O) groups excluding carboxylic acids is 2. The van der Waals surface area contributed by atoms with Crippen molar-refractivity contribution in [3.05, 3.63) is 88.3 Å². The fourth-order valence-electron chi connectivity index (χ4n) is 5.45. The van der Waals surface area contributed by atoms with Crippen LogP contribution in [-0.2, 0) is 10.3 Å². The van der Waals surface area contributed by atoms with Crippen LogP contribution in [0.15, 0.2) is 66.7 Å². The number of amides is 1. The summed E-state index contributed by atoms with van der Waals surface area (Å²) < 4.78 is 0.731. The number of Topliss-reactive ketones (excluding diaryl/α,β-unsaturated/α-hetero) is 1. The summed E-state index contributed by atoms with van der Waals surface area (Å²) in [6, 6.07) is 20.2. The van der Waals surface area contributed by atoms with Gasteiger partial charge in [0.15, 0.2) is 5.78 Å². The first-order valence-electron chi connectivity index (χ1n) is 12.0.